The number of likely N-dealkylation sites (tertiary alicyclic amines) is 1. The van der Waals surface area contributed by atoms with Crippen LogP contribution in [0.5, 0.6) is 5.75 Å². The highest BCUT2D eigenvalue weighted by atomic mass is 35.5. The van der Waals surface area contributed by atoms with Gasteiger partial charge in [-0.2, -0.15) is 0 Å². The minimum Gasteiger partial charge on any atom is -0.496 e. The van der Waals surface area contributed by atoms with Crippen LogP contribution < -0.4 is 21.1 Å². The zero-order valence-corrected chi connectivity index (χ0v) is 16.9. The summed E-state index contributed by atoms with van der Waals surface area (Å²) >= 11 is 6.06. The molecular weight excluding hydrogens is 364 g/mol. The van der Waals surface area contributed by atoms with Gasteiger partial charge in [0, 0.05) is 19.2 Å². The first-order chi connectivity index (χ1) is 13.1. The van der Waals surface area contributed by atoms with E-state index in [4.69, 9.17) is 22.1 Å². The Bertz CT molecular complexity index is 641. The molecule has 1 amide bonds. The molecule has 0 radical (unpaired) electrons. The van der Waals surface area contributed by atoms with E-state index in [0.29, 0.717) is 34.5 Å². The summed E-state index contributed by atoms with van der Waals surface area (Å²) in [5, 5.41) is 6.84. The van der Waals surface area contributed by atoms with Crippen LogP contribution in [-0.2, 0) is 0 Å². The van der Waals surface area contributed by atoms with Gasteiger partial charge in [-0.3, -0.25) is 4.79 Å². The molecule has 6 nitrogen and oxygen atoms in total. The summed E-state index contributed by atoms with van der Waals surface area (Å²) in [4.78, 5) is 15.1. The summed E-state index contributed by atoms with van der Waals surface area (Å²) in [6.07, 6.45) is 4.85. The molecule has 2 aliphatic rings. The number of ether oxygens (including phenoxy) is 1. The van der Waals surface area contributed by atoms with Gasteiger partial charge in [0.2, 0.25) is 0 Å². The third-order valence-corrected chi connectivity index (χ3v) is 6.12. The Kier molecular flexibility index (Phi) is 7.21. The van der Waals surface area contributed by atoms with Crippen LogP contribution in [0.2, 0.25) is 5.02 Å². The van der Waals surface area contributed by atoms with Crippen molar-refractivity contribution in [1.82, 2.24) is 15.5 Å². The fraction of sp³-hybridized carbons (Fsp3) is 0.650. The molecule has 7 heteroatoms. The van der Waals surface area contributed by atoms with Gasteiger partial charge < -0.3 is 26.0 Å². The van der Waals surface area contributed by atoms with Gasteiger partial charge in [0.05, 0.1) is 23.4 Å². The van der Waals surface area contributed by atoms with E-state index in [-0.39, 0.29) is 5.91 Å². The van der Waals surface area contributed by atoms with E-state index in [9.17, 15) is 4.79 Å². The lowest BCUT2D eigenvalue weighted by Crippen LogP contribution is -2.42. The SMILES string of the molecule is COc1cc(N)c(Cl)cc1C(=O)NCC1CCN(CC2CCNCC2)CC1. The minimum atomic E-state index is -0.161. The maximum atomic E-state index is 12.6. The van der Waals surface area contributed by atoms with E-state index in [1.165, 1.54) is 26.5 Å². The molecule has 2 heterocycles. The molecule has 0 atom stereocenters. The minimum absolute atomic E-state index is 0.161. The number of nitrogens with zero attached hydrogens (tertiary/aromatic N) is 1. The number of piperidine rings is 2. The fourth-order valence-corrected chi connectivity index (χ4v) is 4.21. The van der Waals surface area contributed by atoms with Gasteiger partial charge in [-0.05, 0) is 69.8 Å². The Labute approximate surface area is 166 Å². The first-order valence-electron chi connectivity index (χ1n) is 9.91. The van der Waals surface area contributed by atoms with Gasteiger partial charge in [-0.1, -0.05) is 11.6 Å². The number of nitrogens with one attached hydrogen (secondary N) is 2. The average Bonchev–Trinajstić information content (AvgIpc) is 2.69. The van der Waals surface area contributed by atoms with Crippen LogP contribution in [0.15, 0.2) is 12.1 Å². The predicted octanol–water partition coefficient (Wildman–Crippen LogP) is 2.37. The van der Waals surface area contributed by atoms with Crippen LogP contribution in [0.4, 0.5) is 5.69 Å². The number of benzene rings is 1. The van der Waals surface area contributed by atoms with Crippen molar-refractivity contribution in [2.45, 2.75) is 25.7 Å². The number of anilines is 1. The van der Waals surface area contributed by atoms with Gasteiger partial charge in [0.1, 0.15) is 5.75 Å². The molecule has 1 aromatic carbocycles. The molecule has 3 rings (SSSR count). The van der Waals surface area contributed by atoms with Crippen LogP contribution in [-0.4, -0.2) is 57.2 Å². The van der Waals surface area contributed by atoms with Gasteiger partial charge >= 0.3 is 0 Å². The average molecular weight is 395 g/mol. The van der Waals surface area contributed by atoms with Crippen molar-refractivity contribution in [3.8, 4) is 5.75 Å². The van der Waals surface area contributed by atoms with Crippen LogP contribution in [0.1, 0.15) is 36.0 Å². The topological polar surface area (TPSA) is 79.6 Å². The maximum absolute atomic E-state index is 12.6. The standard InChI is InChI=1S/C20H31ClN4O2/c1-27-19-11-18(22)17(21)10-16(19)20(26)24-12-14-4-8-25(9-5-14)13-15-2-6-23-7-3-15/h10-11,14-15,23H,2-9,12-13,22H2,1H3,(H,24,26). The van der Waals surface area contributed by atoms with Crippen LogP contribution in [0, 0.1) is 11.8 Å². The summed E-state index contributed by atoms with van der Waals surface area (Å²) in [6.45, 7) is 6.48. The number of amides is 1. The number of nitrogens with two attached hydrogens (primary N) is 1. The highest BCUT2D eigenvalue weighted by molar-refractivity contribution is 6.33. The van der Waals surface area contributed by atoms with E-state index >= 15 is 0 Å². The summed E-state index contributed by atoms with van der Waals surface area (Å²) in [5.74, 6) is 1.65. The summed E-state index contributed by atoms with van der Waals surface area (Å²) < 4.78 is 5.27. The third kappa shape index (κ3) is 5.50. The Balaban J connectivity index is 1.44. The number of carbonyl (C=O) groups is 1. The van der Waals surface area contributed by atoms with E-state index in [1.54, 1.807) is 12.1 Å². The van der Waals surface area contributed by atoms with E-state index < -0.39 is 0 Å². The Hall–Kier alpha value is -1.50. The second-order valence-electron chi connectivity index (χ2n) is 7.72. The number of methoxy groups -OCH3 is 1. The van der Waals surface area contributed by atoms with Crippen molar-refractivity contribution < 1.29 is 9.53 Å². The Morgan fingerprint density at radius 2 is 1.96 bits per heavy atom. The number of halogens is 1. The molecular formula is C20H31ClN4O2. The lowest BCUT2D eigenvalue weighted by atomic mass is 9.93. The number of hydrogen-bond acceptors (Lipinski definition) is 5. The molecule has 0 aromatic heterocycles. The smallest absolute Gasteiger partial charge is 0.255 e. The third-order valence-electron chi connectivity index (χ3n) is 5.80. The van der Waals surface area contributed by atoms with Crippen molar-refractivity contribution in [2.75, 3.05) is 52.1 Å². The highest BCUT2D eigenvalue weighted by Crippen LogP contribution is 2.29. The molecule has 0 saturated carbocycles. The number of nitrogen functional groups attached to an aromatic ring is 1. The number of rotatable bonds is 6. The molecule has 0 spiro atoms. The van der Waals surface area contributed by atoms with Gasteiger partial charge in [0.15, 0.2) is 0 Å². The fourth-order valence-electron chi connectivity index (χ4n) is 4.05. The molecule has 2 aliphatic heterocycles. The molecule has 150 valence electrons. The first-order valence-corrected chi connectivity index (χ1v) is 10.3. The van der Waals surface area contributed by atoms with Crippen LogP contribution in [0.25, 0.3) is 0 Å². The Morgan fingerprint density at radius 1 is 1.26 bits per heavy atom. The zero-order chi connectivity index (χ0) is 19.2. The monoisotopic (exact) mass is 394 g/mol. The van der Waals surface area contributed by atoms with Gasteiger partial charge in [-0.25, -0.2) is 0 Å². The molecule has 2 fully saturated rings. The Morgan fingerprint density at radius 3 is 2.63 bits per heavy atom. The van der Waals surface area contributed by atoms with Crippen LogP contribution >= 0.6 is 11.6 Å². The first kappa shape index (κ1) is 20.2. The second-order valence-corrected chi connectivity index (χ2v) is 8.13. The molecule has 27 heavy (non-hydrogen) atoms. The molecule has 0 aliphatic carbocycles. The van der Waals surface area contributed by atoms with E-state index in [1.807, 2.05) is 0 Å². The normalized spacial score (nSPS) is 19.8. The largest absolute Gasteiger partial charge is 0.496 e. The molecule has 0 unspecified atom stereocenters. The zero-order valence-electron chi connectivity index (χ0n) is 16.1. The van der Waals surface area contributed by atoms with Crippen molar-refractivity contribution in [1.29, 1.82) is 0 Å². The second kappa shape index (κ2) is 9.62. The lowest BCUT2D eigenvalue weighted by molar-refractivity contribution is 0.0928. The molecule has 4 N–H and O–H groups in total. The van der Waals surface area contributed by atoms with E-state index in [2.05, 4.69) is 15.5 Å². The summed E-state index contributed by atoms with van der Waals surface area (Å²) in [7, 11) is 1.53. The lowest BCUT2D eigenvalue weighted by Gasteiger charge is -2.35. The summed E-state index contributed by atoms with van der Waals surface area (Å²) in [5.41, 5.74) is 6.62. The van der Waals surface area contributed by atoms with Crippen molar-refractivity contribution in [2.24, 2.45) is 11.8 Å². The summed E-state index contributed by atoms with van der Waals surface area (Å²) in [6, 6.07) is 3.17. The number of hydrogen-bond donors (Lipinski definition) is 3. The molecule has 1 aromatic rings. The van der Waals surface area contributed by atoms with Crippen LogP contribution in [0.3, 0.4) is 0 Å². The highest BCUT2D eigenvalue weighted by Gasteiger charge is 2.23. The van der Waals surface area contributed by atoms with Gasteiger partial charge in [-0.15, -0.1) is 0 Å². The van der Waals surface area contributed by atoms with Crippen molar-refractivity contribution in [3.05, 3.63) is 22.7 Å². The van der Waals surface area contributed by atoms with Gasteiger partial charge in [0.25, 0.3) is 5.91 Å². The maximum Gasteiger partial charge on any atom is 0.255 e. The molecule has 2 saturated heterocycles. The predicted molar refractivity (Wildman–Crippen MR) is 110 cm³/mol. The van der Waals surface area contributed by atoms with Crippen molar-refractivity contribution >= 4 is 23.2 Å². The number of carbonyl (C=O) groups excluding carboxylic acids is 1. The van der Waals surface area contributed by atoms with Crippen molar-refractivity contribution in [3.63, 3.8) is 0 Å². The quantitative estimate of drug-likeness (QED) is 0.645. The molecule has 0 bridgehead atoms. The van der Waals surface area contributed by atoms with E-state index in [0.717, 1.165) is 44.9 Å².